The molecule has 1 aliphatic carbocycles. The summed E-state index contributed by atoms with van der Waals surface area (Å²) >= 11 is 0. The van der Waals surface area contributed by atoms with Crippen molar-refractivity contribution in [1.82, 2.24) is 0 Å². The Morgan fingerprint density at radius 1 is 1.21 bits per heavy atom. The highest BCUT2D eigenvalue weighted by Crippen LogP contribution is 2.29. The summed E-state index contributed by atoms with van der Waals surface area (Å²) in [5, 5.41) is 0. The van der Waals surface area contributed by atoms with Gasteiger partial charge in [0.25, 0.3) is 0 Å². The number of sulfone groups is 1. The van der Waals surface area contributed by atoms with E-state index < -0.39 is 9.84 Å². The van der Waals surface area contributed by atoms with E-state index in [1.807, 2.05) is 6.92 Å². The van der Waals surface area contributed by atoms with Gasteiger partial charge in [0.05, 0.1) is 4.90 Å². The summed E-state index contributed by atoms with van der Waals surface area (Å²) in [6.45, 7) is 1.95. The Kier molecular flexibility index (Phi) is 2.14. The highest BCUT2D eigenvalue weighted by Gasteiger charge is 2.20. The van der Waals surface area contributed by atoms with Gasteiger partial charge in [-0.25, -0.2) is 8.42 Å². The Hall–Kier alpha value is -0.830. The fraction of sp³-hybridized carbons (Fsp3) is 0.455. The molecule has 1 aromatic carbocycles. The van der Waals surface area contributed by atoms with Crippen LogP contribution < -0.4 is 0 Å². The summed E-state index contributed by atoms with van der Waals surface area (Å²) in [4.78, 5) is 0.546. The van der Waals surface area contributed by atoms with E-state index in [9.17, 15) is 8.42 Å². The summed E-state index contributed by atoms with van der Waals surface area (Å²) in [6, 6.07) is 3.90. The molecule has 0 saturated heterocycles. The third-order valence-electron chi connectivity index (χ3n) is 2.72. The quantitative estimate of drug-likeness (QED) is 0.709. The molecule has 3 heteroatoms. The van der Waals surface area contributed by atoms with E-state index in [2.05, 4.69) is 6.07 Å². The van der Waals surface area contributed by atoms with Gasteiger partial charge >= 0.3 is 0 Å². The third-order valence-corrected chi connectivity index (χ3v) is 3.88. The average Bonchev–Trinajstić information content (AvgIpc) is 2.47. The Labute approximate surface area is 84.9 Å². The fourth-order valence-electron chi connectivity index (χ4n) is 2.15. The molecule has 0 fully saturated rings. The maximum atomic E-state index is 11.5. The van der Waals surface area contributed by atoms with Gasteiger partial charge in [-0.05, 0) is 48.9 Å². The normalized spacial score (nSPS) is 15.6. The molecule has 0 N–H and O–H groups in total. The summed E-state index contributed by atoms with van der Waals surface area (Å²) in [7, 11) is -3.05. The molecule has 1 aromatic rings. The first-order valence-corrected chi connectivity index (χ1v) is 6.70. The van der Waals surface area contributed by atoms with Crippen molar-refractivity contribution >= 4 is 9.84 Å². The molecule has 0 heterocycles. The second-order valence-electron chi connectivity index (χ2n) is 4.03. The lowest BCUT2D eigenvalue weighted by atomic mass is 10.1. The van der Waals surface area contributed by atoms with E-state index in [0.717, 1.165) is 30.4 Å². The molecule has 0 aliphatic heterocycles. The molecular formula is C11H14O2S. The zero-order chi connectivity index (χ0) is 10.3. The van der Waals surface area contributed by atoms with E-state index >= 15 is 0 Å². The van der Waals surface area contributed by atoms with Crippen LogP contribution in [-0.2, 0) is 22.7 Å². The molecule has 0 aromatic heterocycles. The Morgan fingerprint density at radius 2 is 1.93 bits per heavy atom. The highest BCUT2D eigenvalue weighted by molar-refractivity contribution is 7.90. The van der Waals surface area contributed by atoms with Gasteiger partial charge in [-0.3, -0.25) is 0 Å². The predicted octanol–water partition coefficient (Wildman–Crippen LogP) is 1.89. The van der Waals surface area contributed by atoms with Crippen LogP contribution in [0.2, 0.25) is 0 Å². The van der Waals surface area contributed by atoms with Crippen molar-refractivity contribution in [2.75, 3.05) is 6.26 Å². The summed E-state index contributed by atoms with van der Waals surface area (Å²) < 4.78 is 23.1. The maximum Gasteiger partial charge on any atom is 0.175 e. The van der Waals surface area contributed by atoms with Crippen molar-refractivity contribution in [2.24, 2.45) is 0 Å². The number of hydrogen-bond donors (Lipinski definition) is 0. The van der Waals surface area contributed by atoms with Crippen LogP contribution in [0.5, 0.6) is 0 Å². The first-order chi connectivity index (χ1) is 6.48. The molecule has 0 spiro atoms. The minimum Gasteiger partial charge on any atom is -0.224 e. The second-order valence-corrected chi connectivity index (χ2v) is 6.01. The van der Waals surface area contributed by atoms with Crippen molar-refractivity contribution < 1.29 is 8.42 Å². The van der Waals surface area contributed by atoms with Gasteiger partial charge < -0.3 is 0 Å². The Bertz CT molecular complexity index is 472. The van der Waals surface area contributed by atoms with Gasteiger partial charge in [-0.1, -0.05) is 6.07 Å². The van der Waals surface area contributed by atoms with Crippen LogP contribution in [0, 0.1) is 6.92 Å². The molecule has 1 aliphatic rings. The van der Waals surface area contributed by atoms with Gasteiger partial charge in [0, 0.05) is 6.26 Å². The molecular weight excluding hydrogens is 196 g/mol. The number of fused-ring (bicyclic) bond motifs is 1. The van der Waals surface area contributed by atoms with Crippen LogP contribution in [0.4, 0.5) is 0 Å². The van der Waals surface area contributed by atoms with Crippen molar-refractivity contribution in [1.29, 1.82) is 0 Å². The zero-order valence-corrected chi connectivity index (χ0v) is 9.32. The molecule has 0 bridgehead atoms. The van der Waals surface area contributed by atoms with Crippen LogP contribution in [0.3, 0.4) is 0 Å². The van der Waals surface area contributed by atoms with Crippen LogP contribution in [0.15, 0.2) is 17.0 Å². The van der Waals surface area contributed by atoms with Gasteiger partial charge in [0.15, 0.2) is 9.84 Å². The smallest absolute Gasteiger partial charge is 0.175 e. The van der Waals surface area contributed by atoms with Gasteiger partial charge in [-0.15, -0.1) is 0 Å². The van der Waals surface area contributed by atoms with Crippen molar-refractivity contribution in [2.45, 2.75) is 31.1 Å². The Morgan fingerprint density at radius 3 is 2.57 bits per heavy atom. The summed E-state index contributed by atoms with van der Waals surface area (Å²) in [6.07, 6.45) is 4.32. The molecule has 0 amide bonds. The first kappa shape index (κ1) is 9.71. The number of rotatable bonds is 1. The monoisotopic (exact) mass is 210 g/mol. The summed E-state index contributed by atoms with van der Waals surface area (Å²) in [5.74, 6) is 0. The highest BCUT2D eigenvalue weighted by atomic mass is 32.2. The minimum atomic E-state index is -3.05. The number of aryl methyl sites for hydroxylation is 2. The zero-order valence-electron chi connectivity index (χ0n) is 8.50. The maximum absolute atomic E-state index is 11.5. The van der Waals surface area contributed by atoms with Crippen molar-refractivity contribution in [3.05, 3.63) is 28.8 Å². The standard InChI is InChI=1S/C11H14O2S/c1-8-6-9-4-3-5-10(9)11(7-8)14(2,12)13/h6-7H,3-5H2,1-2H3. The van der Waals surface area contributed by atoms with Crippen LogP contribution in [-0.4, -0.2) is 14.7 Å². The van der Waals surface area contributed by atoms with Crippen LogP contribution >= 0.6 is 0 Å². The average molecular weight is 210 g/mol. The van der Waals surface area contributed by atoms with E-state index in [0.29, 0.717) is 4.90 Å². The second kappa shape index (κ2) is 3.09. The lowest BCUT2D eigenvalue weighted by Gasteiger charge is -2.07. The SMILES string of the molecule is Cc1cc2c(c(S(C)(=O)=O)c1)CCC2. The van der Waals surface area contributed by atoms with E-state index in [-0.39, 0.29) is 0 Å². The van der Waals surface area contributed by atoms with Crippen LogP contribution in [0.25, 0.3) is 0 Å². The van der Waals surface area contributed by atoms with E-state index in [1.165, 1.54) is 11.8 Å². The van der Waals surface area contributed by atoms with Crippen molar-refractivity contribution in [3.63, 3.8) is 0 Å². The molecule has 14 heavy (non-hydrogen) atoms. The number of hydrogen-bond acceptors (Lipinski definition) is 2. The molecule has 0 unspecified atom stereocenters. The van der Waals surface area contributed by atoms with Gasteiger partial charge in [-0.2, -0.15) is 0 Å². The van der Waals surface area contributed by atoms with Crippen molar-refractivity contribution in [3.8, 4) is 0 Å². The molecule has 2 nitrogen and oxygen atoms in total. The lowest BCUT2D eigenvalue weighted by Crippen LogP contribution is -2.02. The molecule has 0 atom stereocenters. The fourth-order valence-corrected chi connectivity index (χ4v) is 3.23. The topological polar surface area (TPSA) is 34.1 Å². The Balaban J connectivity index is 2.72. The molecule has 0 radical (unpaired) electrons. The molecule has 0 saturated carbocycles. The van der Waals surface area contributed by atoms with Gasteiger partial charge in [0.1, 0.15) is 0 Å². The largest absolute Gasteiger partial charge is 0.224 e. The summed E-state index contributed by atoms with van der Waals surface area (Å²) in [5.41, 5.74) is 3.33. The minimum absolute atomic E-state index is 0.546. The first-order valence-electron chi connectivity index (χ1n) is 4.81. The molecule has 2 rings (SSSR count). The van der Waals surface area contributed by atoms with Crippen LogP contribution in [0.1, 0.15) is 23.1 Å². The van der Waals surface area contributed by atoms with E-state index in [1.54, 1.807) is 6.07 Å². The lowest BCUT2D eigenvalue weighted by molar-refractivity contribution is 0.600. The predicted molar refractivity (Wildman–Crippen MR) is 56.3 cm³/mol. The van der Waals surface area contributed by atoms with E-state index in [4.69, 9.17) is 0 Å². The molecule has 76 valence electrons. The number of benzene rings is 1. The third kappa shape index (κ3) is 1.57. The van der Waals surface area contributed by atoms with Gasteiger partial charge in [0.2, 0.25) is 0 Å².